The summed E-state index contributed by atoms with van der Waals surface area (Å²) in [6, 6.07) is 10.1. The van der Waals surface area contributed by atoms with Crippen molar-refractivity contribution in [1.29, 1.82) is 5.26 Å². The fourth-order valence-corrected chi connectivity index (χ4v) is 4.35. The van der Waals surface area contributed by atoms with E-state index >= 15 is 0 Å². The van der Waals surface area contributed by atoms with Gasteiger partial charge < -0.3 is 10.1 Å². The smallest absolute Gasteiger partial charge is 0.225 e. The van der Waals surface area contributed by atoms with Crippen molar-refractivity contribution >= 4 is 22.2 Å². The Balaban J connectivity index is 1.51. The lowest BCUT2D eigenvalue weighted by molar-refractivity contribution is -0.116. The third-order valence-corrected chi connectivity index (χ3v) is 5.64. The van der Waals surface area contributed by atoms with Crippen LogP contribution >= 0.6 is 11.3 Å². The molecule has 1 aromatic heterocycles. The number of nitrogens with zero attached hydrogens (tertiary/aromatic N) is 1. The second-order valence-electron chi connectivity index (χ2n) is 6.29. The predicted molar refractivity (Wildman–Crippen MR) is 100 cm³/mol. The number of benzene rings is 1. The predicted octanol–water partition coefficient (Wildman–Crippen LogP) is 4.60. The summed E-state index contributed by atoms with van der Waals surface area (Å²) in [6.07, 6.45) is 5.31. The van der Waals surface area contributed by atoms with Crippen molar-refractivity contribution in [2.75, 3.05) is 11.9 Å². The van der Waals surface area contributed by atoms with Gasteiger partial charge in [-0.1, -0.05) is 18.2 Å². The van der Waals surface area contributed by atoms with Gasteiger partial charge in [0.15, 0.2) is 0 Å². The molecule has 0 radical (unpaired) electrons. The number of anilines is 1. The Kier molecular flexibility index (Phi) is 5.72. The zero-order valence-corrected chi connectivity index (χ0v) is 15.2. The van der Waals surface area contributed by atoms with Crippen molar-refractivity contribution in [3.8, 4) is 11.8 Å². The number of hydrogen-bond acceptors (Lipinski definition) is 4. The molecular weight excluding hydrogens is 332 g/mol. The monoisotopic (exact) mass is 354 g/mol. The van der Waals surface area contributed by atoms with Crippen LogP contribution in [0.4, 0.5) is 5.00 Å². The molecule has 5 heteroatoms. The molecule has 4 nitrogen and oxygen atoms in total. The lowest BCUT2D eigenvalue weighted by Gasteiger charge is -2.09. The van der Waals surface area contributed by atoms with E-state index in [9.17, 15) is 10.1 Å². The van der Waals surface area contributed by atoms with Gasteiger partial charge >= 0.3 is 0 Å². The quantitative estimate of drug-likeness (QED) is 0.771. The fourth-order valence-electron chi connectivity index (χ4n) is 3.09. The molecule has 1 aliphatic rings. The highest BCUT2D eigenvalue weighted by Gasteiger charge is 2.21. The van der Waals surface area contributed by atoms with E-state index in [1.165, 1.54) is 11.3 Å². The fraction of sp³-hybridized carbons (Fsp3) is 0.400. The summed E-state index contributed by atoms with van der Waals surface area (Å²) >= 11 is 1.57. The number of amides is 1. The van der Waals surface area contributed by atoms with E-state index in [0.29, 0.717) is 25.0 Å². The number of para-hydroxylation sites is 1. The number of aryl methyl sites for hydroxylation is 2. The van der Waals surface area contributed by atoms with Crippen LogP contribution in [0.5, 0.6) is 5.75 Å². The molecule has 1 amide bonds. The highest BCUT2D eigenvalue weighted by Crippen LogP contribution is 2.37. The Labute approximate surface area is 152 Å². The highest BCUT2D eigenvalue weighted by molar-refractivity contribution is 7.16. The van der Waals surface area contributed by atoms with Crippen LogP contribution in [0.3, 0.4) is 0 Å². The van der Waals surface area contributed by atoms with Gasteiger partial charge in [-0.3, -0.25) is 4.79 Å². The molecule has 1 heterocycles. The van der Waals surface area contributed by atoms with Crippen LogP contribution in [-0.4, -0.2) is 12.5 Å². The van der Waals surface area contributed by atoms with Gasteiger partial charge in [0, 0.05) is 11.3 Å². The van der Waals surface area contributed by atoms with Gasteiger partial charge in [-0.2, -0.15) is 5.26 Å². The van der Waals surface area contributed by atoms with Gasteiger partial charge in [-0.15, -0.1) is 11.3 Å². The summed E-state index contributed by atoms with van der Waals surface area (Å²) in [4.78, 5) is 13.5. The van der Waals surface area contributed by atoms with Crippen LogP contribution in [-0.2, 0) is 17.6 Å². The van der Waals surface area contributed by atoms with Crippen molar-refractivity contribution in [3.63, 3.8) is 0 Å². The average Bonchev–Trinajstić information content (AvgIpc) is 2.97. The number of fused-ring (bicyclic) bond motifs is 1. The maximum absolute atomic E-state index is 12.2. The first-order valence-electron chi connectivity index (χ1n) is 8.72. The van der Waals surface area contributed by atoms with Gasteiger partial charge in [0.2, 0.25) is 5.91 Å². The number of nitriles is 1. The van der Waals surface area contributed by atoms with Gasteiger partial charge in [0.05, 0.1) is 12.2 Å². The number of carbonyl (C=O) groups excluding carboxylic acids is 1. The molecule has 0 atom stereocenters. The topological polar surface area (TPSA) is 62.1 Å². The molecule has 1 aromatic carbocycles. The first-order chi connectivity index (χ1) is 12.2. The summed E-state index contributed by atoms with van der Waals surface area (Å²) in [6.45, 7) is 2.51. The molecular formula is C20H22N2O2S. The molecule has 1 N–H and O–H groups in total. The van der Waals surface area contributed by atoms with Crippen LogP contribution in [0.2, 0.25) is 0 Å². The first-order valence-corrected chi connectivity index (χ1v) is 9.53. The number of ether oxygens (including phenoxy) is 1. The van der Waals surface area contributed by atoms with Crippen molar-refractivity contribution in [2.24, 2.45) is 0 Å². The number of carbonyl (C=O) groups is 1. The Morgan fingerprint density at radius 1 is 1.32 bits per heavy atom. The van der Waals surface area contributed by atoms with E-state index in [-0.39, 0.29) is 5.91 Å². The third kappa shape index (κ3) is 4.21. The summed E-state index contributed by atoms with van der Waals surface area (Å²) < 4.78 is 5.72. The second-order valence-corrected chi connectivity index (χ2v) is 7.40. The van der Waals surface area contributed by atoms with E-state index < -0.39 is 0 Å². The number of rotatable bonds is 6. The number of thiophene rings is 1. The normalized spacial score (nSPS) is 13.0. The largest absolute Gasteiger partial charge is 0.493 e. The SMILES string of the molecule is Cc1ccccc1OCCCC(=O)Nc1sc2c(c1C#N)CCCC2. The summed E-state index contributed by atoms with van der Waals surface area (Å²) in [5.74, 6) is 0.809. The van der Waals surface area contributed by atoms with Gasteiger partial charge in [-0.05, 0) is 56.2 Å². The Bertz CT molecular complexity index is 805. The number of hydrogen-bond donors (Lipinski definition) is 1. The molecule has 2 aromatic rings. The summed E-state index contributed by atoms with van der Waals surface area (Å²) in [7, 11) is 0. The van der Waals surface area contributed by atoms with Crippen LogP contribution in [0.15, 0.2) is 24.3 Å². The molecule has 25 heavy (non-hydrogen) atoms. The minimum Gasteiger partial charge on any atom is -0.493 e. The van der Waals surface area contributed by atoms with Crippen molar-refractivity contribution in [1.82, 2.24) is 0 Å². The van der Waals surface area contributed by atoms with Crippen LogP contribution in [0.1, 0.15) is 47.3 Å². The van der Waals surface area contributed by atoms with Crippen molar-refractivity contribution < 1.29 is 9.53 Å². The zero-order chi connectivity index (χ0) is 17.6. The van der Waals surface area contributed by atoms with Gasteiger partial charge in [0.1, 0.15) is 16.8 Å². The minimum atomic E-state index is -0.0523. The highest BCUT2D eigenvalue weighted by atomic mass is 32.1. The maximum atomic E-state index is 12.2. The van der Waals surface area contributed by atoms with E-state index in [4.69, 9.17) is 4.74 Å². The first kappa shape index (κ1) is 17.5. The molecule has 0 aliphatic heterocycles. The molecule has 130 valence electrons. The van der Waals surface area contributed by atoms with E-state index in [0.717, 1.165) is 41.1 Å². The molecule has 0 spiro atoms. The summed E-state index contributed by atoms with van der Waals surface area (Å²) in [5, 5.41) is 13.1. The van der Waals surface area contributed by atoms with Crippen LogP contribution in [0, 0.1) is 18.3 Å². The van der Waals surface area contributed by atoms with E-state index in [2.05, 4.69) is 11.4 Å². The molecule has 0 fully saturated rings. The molecule has 0 saturated heterocycles. The Morgan fingerprint density at radius 2 is 2.12 bits per heavy atom. The van der Waals surface area contributed by atoms with Gasteiger partial charge in [-0.25, -0.2) is 0 Å². The van der Waals surface area contributed by atoms with Crippen molar-refractivity contribution in [2.45, 2.75) is 45.4 Å². The van der Waals surface area contributed by atoms with Crippen LogP contribution < -0.4 is 10.1 Å². The third-order valence-electron chi connectivity index (χ3n) is 4.44. The lowest BCUT2D eigenvalue weighted by atomic mass is 9.96. The molecule has 0 saturated carbocycles. The molecule has 1 aliphatic carbocycles. The maximum Gasteiger partial charge on any atom is 0.225 e. The molecule has 3 rings (SSSR count). The second kappa shape index (κ2) is 8.17. The molecule has 0 unspecified atom stereocenters. The van der Waals surface area contributed by atoms with E-state index in [1.54, 1.807) is 11.3 Å². The zero-order valence-electron chi connectivity index (χ0n) is 14.4. The Hall–Kier alpha value is -2.32. The van der Waals surface area contributed by atoms with Crippen LogP contribution in [0.25, 0.3) is 0 Å². The van der Waals surface area contributed by atoms with Crippen molar-refractivity contribution in [3.05, 3.63) is 45.8 Å². The average molecular weight is 354 g/mol. The van der Waals surface area contributed by atoms with E-state index in [1.807, 2.05) is 31.2 Å². The standard InChI is InChI=1S/C20H22N2O2S/c1-14-7-2-4-9-17(14)24-12-6-11-19(23)22-20-16(13-21)15-8-3-5-10-18(15)25-20/h2,4,7,9H,3,5-6,8,10-12H2,1H3,(H,22,23). The molecule has 0 bridgehead atoms. The number of nitrogens with one attached hydrogen (secondary N) is 1. The Morgan fingerprint density at radius 3 is 2.92 bits per heavy atom. The minimum absolute atomic E-state index is 0.0523. The lowest BCUT2D eigenvalue weighted by Crippen LogP contribution is -2.13. The summed E-state index contributed by atoms with van der Waals surface area (Å²) in [5.41, 5.74) is 2.91. The van der Waals surface area contributed by atoms with Gasteiger partial charge in [0.25, 0.3) is 0 Å².